The average molecular weight is 268 g/mol. The smallest absolute Gasteiger partial charge is 0.391 e. The maximum atomic E-state index is 12.6. The summed E-state index contributed by atoms with van der Waals surface area (Å²) in [7, 11) is 0. The van der Waals surface area contributed by atoms with E-state index in [1.54, 1.807) is 6.92 Å². The first-order valence-electron chi connectivity index (χ1n) is 5.08. The summed E-state index contributed by atoms with van der Waals surface area (Å²) in [5.74, 6) is 0. The van der Waals surface area contributed by atoms with Crippen molar-refractivity contribution in [1.29, 1.82) is 0 Å². The van der Waals surface area contributed by atoms with E-state index in [-0.39, 0.29) is 5.56 Å². The third kappa shape index (κ3) is 3.12. The molecule has 0 saturated carbocycles. The minimum atomic E-state index is -4.52. The lowest BCUT2D eigenvalue weighted by molar-refractivity contribution is -0.137. The van der Waals surface area contributed by atoms with Crippen molar-refractivity contribution in [3.63, 3.8) is 0 Å². The van der Waals surface area contributed by atoms with Crippen molar-refractivity contribution >= 4 is 11.6 Å². The Morgan fingerprint density at radius 1 is 1.41 bits per heavy atom. The maximum absolute atomic E-state index is 12.6. The highest BCUT2D eigenvalue weighted by Crippen LogP contribution is 2.38. The number of benzene rings is 1. The van der Waals surface area contributed by atoms with Crippen molar-refractivity contribution in [3.8, 4) is 0 Å². The minimum absolute atomic E-state index is 0.107. The van der Waals surface area contributed by atoms with Crippen molar-refractivity contribution in [3.05, 3.63) is 34.3 Å². The van der Waals surface area contributed by atoms with Gasteiger partial charge in [0.15, 0.2) is 0 Å². The summed E-state index contributed by atoms with van der Waals surface area (Å²) < 4.78 is 37.8. The van der Waals surface area contributed by atoms with Gasteiger partial charge in [0, 0.05) is 0 Å². The molecular formula is C11H13ClF3NO. The Morgan fingerprint density at radius 3 is 2.47 bits per heavy atom. The van der Waals surface area contributed by atoms with E-state index in [0.29, 0.717) is 6.42 Å². The quantitative estimate of drug-likeness (QED) is 0.884. The number of aliphatic hydroxyl groups is 1. The predicted octanol–water partition coefficient (Wildman–Crippen LogP) is 3.13. The van der Waals surface area contributed by atoms with Gasteiger partial charge in [0.1, 0.15) is 0 Å². The van der Waals surface area contributed by atoms with Crippen LogP contribution in [-0.2, 0) is 6.18 Å². The molecule has 0 bridgehead atoms. The van der Waals surface area contributed by atoms with Gasteiger partial charge in [0.05, 0.1) is 22.7 Å². The molecule has 0 heterocycles. The molecule has 1 rings (SSSR count). The third-order valence-corrected chi connectivity index (χ3v) is 2.95. The second kappa shape index (κ2) is 5.25. The summed E-state index contributed by atoms with van der Waals surface area (Å²) in [6.07, 6.45) is -5.10. The van der Waals surface area contributed by atoms with E-state index in [0.717, 1.165) is 6.07 Å². The highest BCUT2D eigenvalue weighted by atomic mass is 35.5. The van der Waals surface area contributed by atoms with Gasteiger partial charge >= 0.3 is 6.18 Å². The monoisotopic (exact) mass is 267 g/mol. The molecule has 0 unspecified atom stereocenters. The van der Waals surface area contributed by atoms with Crippen LogP contribution >= 0.6 is 11.6 Å². The molecule has 0 fully saturated rings. The zero-order valence-electron chi connectivity index (χ0n) is 9.13. The Hall–Kier alpha value is -0.780. The zero-order chi connectivity index (χ0) is 13.2. The van der Waals surface area contributed by atoms with Crippen LogP contribution in [-0.4, -0.2) is 11.2 Å². The largest absolute Gasteiger partial charge is 0.417 e. The Bertz CT molecular complexity index is 395. The minimum Gasteiger partial charge on any atom is -0.391 e. The fourth-order valence-corrected chi connectivity index (χ4v) is 1.85. The predicted molar refractivity (Wildman–Crippen MR) is 59.7 cm³/mol. The van der Waals surface area contributed by atoms with Crippen LogP contribution in [0.25, 0.3) is 0 Å². The summed E-state index contributed by atoms with van der Waals surface area (Å²) in [5, 5.41) is 9.09. The Balaban J connectivity index is 3.19. The van der Waals surface area contributed by atoms with Crippen LogP contribution in [0.15, 0.2) is 18.2 Å². The molecule has 96 valence electrons. The molecule has 1 aromatic carbocycles. The van der Waals surface area contributed by atoms with E-state index in [1.807, 2.05) is 0 Å². The van der Waals surface area contributed by atoms with Crippen LogP contribution in [0, 0.1) is 0 Å². The van der Waals surface area contributed by atoms with Gasteiger partial charge in [-0.1, -0.05) is 30.7 Å². The van der Waals surface area contributed by atoms with E-state index < -0.39 is 28.9 Å². The van der Waals surface area contributed by atoms with Crippen molar-refractivity contribution in [1.82, 2.24) is 0 Å². The Kier molecular flexibility index (Phi) is 4.41. The molecule has 0 aliphatic carbocycles. The van der Waals surface area contributed by atoms with Gasteiger partial charge in [0.25, 0.3) is 0 Å². The maximum Gasteiger partial charge on any atom is 0.417 e. The van der Waals surface area contributed by atoms with Crippen LogP contribution in [0.1, 0.15) is 30.5 Å². The highest BCUT2D eigenvalue weighted by Gasteiger charge is 2.34. The van der Waals surface area contributed by atoms with Gasteiger partial charge in [-0.3, -0.25) is 0 Å². The number of rotatable bonds is 3. The molecule has 2 atom stereocenters. The number of aliphatic hydroxyl groups excluding tert-OH is 1. The molecule has 3 N–H and O–H groups in total. The molecule has 0 aliphatic heterocycles. The standard InChI is InChI=1S/C11H13ClF3NO/c1-2-8(17)10(16)6-4-3-5-7(9(6)12)11(13,14)15/h3-5,8,10,17H,2,16H2,1H3/t8-,10+/m1/s1. The molecule has 2 nitrogen and oxygen atoms in total. The molecule has 0 spiro atoms. The molecule has 1 aromatic rings. The number of halogens is 4. The number of hydrogen-bond acceptors (Lipinski definition) is 2. The normalized spacial score (nSPS) is 15.7. The molecule has 17 heavy (non-hydrogen) atoms. The van der Waals surface area contributed by atoms with E-state index in [2.05, 4.69) is 0 Å². The second-order valence-electron chi connectivity index (χ2n) is 3.71. The van der Waals surface area contributed by atoms with Crippen molar-refractivity contribution in [2.24, 2.45) is 5.73 Å². The van der Waals surface area contributed by atoms with Gasteiger partial charge < -0.3 is 10.8 Å². The van der Waals surface area contributed by atoms with Crippen molar-refractivity contribution in [2.75, 3.05) is 0 Å². The molecule has 0 saturated heterocycles. The van der Waals surface area contributed by atoms with Crippen LogP contribution in [0.2, 0.25) is 5.02 Å². The van der Waals surface area contributed by atoms with Crippen LogP contribution in [0.3, 0.4) is 0 Å². The van der Waals surface area contributed by atoms with E-state index in [1.165, 1.54) is 12.1 Å². The molecule has 0 amide bonds. The first kappa shape index (κ1) is 14.3. The lowest BCUT2D eigenvalue weighted by Crippen LogP contribution is -2.26. The van der Waals surface area contributed by atoms with Crippen molar-refractivity contribution < 1.29 is 18.3 Å². The molecule has 0 aromatic heterocycles. The fraction of sp³-hybridized carbons (Fsp3) is 0.455. The van der Waals surface area contributed by atoms with E-state index >= 15 is 0 Å². The fourth-order valence-electron chi connectivity index (χ4n) is 1.49. The SMILES string of the molecule is CC[C@@H](O)[C@@H](N)c1cccc(C(F)(F)F)c1Cl. The molecular weight excluding hydrogens is 255 g/mol. The van der Waals surface area contributed by atoms with Gasteiger partial charge in [-0.2, -0.15) is 13.2 Å². The topological polar surface area (TPSA) is 46.2 Å². The third-order valence-electron chi connectivity index (χ3n) is 2.53. The lowest BCUT2D eigenvalue weighted by atomic mass is 9.98. The van der Waals surface area contributed by atoms with E-state index in [9.17, 15) is 18.3 Å². The summed E-state index contributed by atoms with van der Waals surface area (Å²) in [6.45, 7) is 1.69. The van der Waals surface area contributed by atoms with Gasteiger partial charge in [-0.05, 0) is 18.1 Å². The Morgan fingerprint density at radius 2 is 2.00 bits per heavy atom. The first-order chi connectivity index (χ1) is 7.79. The molecule has 0 aliphatic rings. The highest BCUT2D eigenvalue weighted by molar-refractivity contribution is 6.32. The number of hydrogen-bond donors (Lipinski definition) is 2. The Labute approximate surface area is 102 Å². The number of nitrogens with two attached hydrogens (primary N) is 1. The molecule has 0 radical (unpaired) electrons. The van der Waals surface area contributed by atoms with Crippen molar-refractivity contribution in [2.45, 2.75) is 31.7 Å². The van der Waals surface area contributed by atoms with Crippen LogP contribution in [0.5, 0.6) is 0 Å². The number of alkyl halides is 3. The second-order valence-corrected chi connectivity index (χ2v) is 4.09. The summed E-state index contributed by atoms with van der Waals surface area (Å²) >= 11 is 5.68. The van der Waals surface area contributed by atoms with Gasteiger partial charge in [0.2, 0.25) is 0 Å². The average Bonchev–Trinajstić information content (AvgIpc) is 2.25. The van der Waals surface area contributed by atoms with Crippen LogP contribution in [0.4, 0.5) is 13.2 Å². The summed E-state index contributed by atoms with van der Waals surface area (Å²) in [4.78, 5) is 0. The lowest BCUT2D eigenvalue weighted by Gasteiger charge is -2.20. The summed E-state index contributed by atoms with van der Waals surface area (Å²) in [5.41, 5.74) is 4.83. The zero-order valence-corrected chi connectivity index (χ0v) is 9.89. The molecule has 6 heteroatoms. The van der Waals surface area contributed by atoms with Crippen LogP contribution < -0.4 is 5.73 Å². The van der Waals surface area contributed by atoms with E-state index in [4.69, 9.17) is 17.3 Å². The first-order valence-corrected chi connectivity index (χ1v) is 5.46. The van der Waals surface area contributed by atoms with Gasteiger partial charge in [-0.25, -0.2) is 0 Å². The van der Waals surface area contributed by atoms with Gasteiger partial charge in [-0.15, -0.1) is 0 Å². The summed E-state index contributed by atoms with van der Waals surface area (Å²) in [6, 6.07) is 2.58.